The van der Waals surface area contributed by atoms with E-state index in [1.165, 1.54) is 0 Å². The zero-order valence-electron chi connectivity index (χ0n) is 11.3. The molecule has 0 saturated heterocycles. The van der Waals surface area contributed by atoms with Crippen LogP contribution in [-0.2, 0) is 9.47 Å². The fraction of sp³-hybridized carbons (Fsp3) is 0.417. The first kappa shape index (κ1) is 19.0. The molecule has 0 unspecified atom stereocenters. The summed E-state index contributed by atoms with van der Waals surface area (Å²) in [4.78, 5) is 11.1. The fourth-order valence-corrected chi connectivity index (χ4v) is 1.25. The summed E-state index contributed by atoms with van der Waals surface area (Å²) < 4.78 is 97.4. The second-order valence-electron chi connectivity index (χ2n) is 4.06. The lowest BCUT2D eigenvalue weighted by molar-refractivity contribution is -0.458. The molecule has 0 N–H and O–H groups in total. The third-order valence-corrected chi connectivity index (χ3v) is 2.29. The van der Waals surface area contributed by atoms with Gasteiger partial charge in [-0.2, -0.15) is 30.7 Å². The molecule has 0 radical (unpaired) electrons. The van der Waals surface area contributed by atoms with E-state index in [2.05, 4.69) is 14.2 Å². The Morgan fingerprint density at radius 2 is 1.52 bits per heavy atom. The highest BCUT2D eigenvalue weighted by molar-refractivity contribution is 5.89. The lowest BCUT2D eigenvalue weighted by Gasteiger charge is -2.25. The van der Waals surface area contributed by atoms with Gasteiger partial charge in [0.2, 0.25) is 0 Å². The first-order chi connectivity index (χ1) is 10.4. The number of hydrogen-bond acceptors (Lipinski definition) is 4. The van der Waals surface area contributed by atoms with Gasteiger partial charge in [0.1, 0.15) is 5.75 Å². The summed E-state index contributed by atoms with van der Waals surface area (Å²) in [6.07, 6.45) is -17.2. The molecule has 1 rings (SSSR count). The molecule has 11 heteroatoms. The Morgan fingerprint density at radius 1 is 1.00 bits per heavy atom. The molecule has 0 aromatic heterocycles. The number of alkyl halides is 7. The molecule has 0 aliphatic heterocycles. The molecular formula is C12H9F7O4. The van der Waals surface area contributed by atoms with E-state index in [1.807, 2.05) is 0 Å². The van der Waals surface area contributed by atoms with Gasteiger partial charge in [-0.15, -0.1) is 0 Å². The minimum atomic E-state index is -6.29. The van der Waals surface area contributed by atoms with Crippen LogP contribution in [0, 0.1) is 0 Å². The number of esters is 1. The van der Waals surface area contributed by atoms with Gasteiger partial charge in [-0.05, 0) is 24.3 Å². The van der Waals surface area contributed by atoms with Crippen LogP contribution in [0.1, 0.15) is 10.4 Å². The van der Waals surface area contributed by atoms with Gasteiger partial charge in [0, 0.05) is 0 Å². The van der Waals surface area contributed by atoms with Crippen LogP contribution in [0.25, 0.3) is 0 Å². The van der Waals surface area contributed by atoms with Crippen molar-refractivity contribution < 1.29 is 49.7 Å². The van der Waals surface area contributed by atoms with Gasteiger partial charge in [0.05, 0.1) is 12.7 Å². The number of carbonyl (C=O) groups excluding carboxylic acids is 1. The van der Waals surface area contributed by atoms with Crippen LogP contribution in [0.15, 0.2) is 24.3 Å². The van der Waals surface area contributed by atoms with Gasteiger partial charge in [0.25, 0.3) is 0 Å². The fourth-order valence-electron chi connectivity index (χ4n) is 1.25. The molecule has 0 atom stereocenters. The van der Waals surface area contributed by atoms with E-state index in [0.29, 0.717) is 0 Å². The van der Waals surface area contributed by atoms with Crippen molar-refractivity contribution in [3.05, 3.63) is 29.8 Å². The Kier molecular flexibility index (Phi) is 5.46. The monoisotopic (exact) mass is 350 g/mol. The molecule has 0 bridgehead atoms. The standard InChI is InChI=1S/C12H9F7O4/c1-21-9(20)7-2-4-8(5-3-7)22-6-10(13,14)23-12(18,19)11(15,16)17/h2-5H,6H2,1H3. The van der Waals surface area contributed by atoms with Crippen molar-refractivity contribution in [1.82, 2.24) is 0 Å². The molecule has 0 saturated carbocycles. The Bertz CT molecular complexity index is 539. The molecule has 23 heavy (non-hydrogen) atoms. The van der Waals surface area contributed by atoms with Crippen LogP contribution in [0.5, 0.6) is 5.75 Å². The van der Waals surface area contributed by atoms with E-state index >= 15 is 0 Å². The molecule has 0 aliphatic rings. The highest BCUT2D eigenvalue weighted by Gasteiger charge is 2.64. The zero-order chi connectivity index (χ0) is 17.9. The minimum absolute atomic E-state index is 0.0477. The van der Waals surface area contributed by atoms with E-state index in [4.69, 9.17) is 0 Å². The Morgan fingerprint density at radius 3 is 1.96 bits per heavy atom. The summed E-state index contributed by atoms with van der Waals surface area (Å²) in [6, 6.07) is 4.27. The highest BCUT2D eigenvalue weighted by Crippen LogP contribution is 2.40. The third kappa shape index (κ3) is 5.27. The van der Waals surface area contributed by atoms with Crippen LogP contribution < -0.4 is 4.74 Å². The van der Waals surface area contributed by atoms with Crippen molar-refractivity contribution in [2.45, 2.75) is 18.4 Å². The summed E-state index contributed by atoms with van der Waals surface area (Å²) in [6.45, 7) is -1.89. The van der Waals surface area contributed by atoms with Crippen molar-refractivity contribution in [1.29, 1.82) is 0 Å². The summed E-state index contributed by atoms with van der Waals surface area (Å²) in [7, 11) is 1.10. The van der Waals surface area contributed by atoms with Gasteiger partial charge >= 0.3 is 24.4 Å². The molecule has 0 fully saturated rings. The van der Waals surface area contributed by atoms with Crippen molar-refractivity contribution in [2.75, 3.05) is 13.7 Å². The number of ether oxygens (including phenoxy) is 3. The normalized spacial score (nSPS) is 12.9. The average Bonchev–Trinajstić information content (AvgIpc) is 2.42. The van der Waals surface area contributed by atoms with Crippen molar-refractivity contribution >= 4 is 5.97 Å². The van der Waals surface area contributed by atoms with Crippen LogP contribution in [-0.4, -0.2) is 38.1 Å². The molecule has 1 aromatic carbocycles. The highest BCUT2D eigenvalue weighted by atomic mass is 19.4. The summed E-state index contributed by atoms with van der Waals surface area (Å²) in [5.74, 6) is -1.04. The number of hydrogen-bond donors (Lipinski definition) is 0. The van der Waals surface area contributed by atoms with E-state index < -0.39 is 31.0 Å². The SMILES string of the molecule is COC(=O)c1ccc(OCC(F)(F)OC(F)(F)C(F)(F)F)cc1. The van der Waals surface area contributed by atoms with Crippen molar-refractivity contribution in [3.8, 4) is 5.75 Å². The van der Waals surface area contributed by atoms with Crippen LogP contribution in [0.3, 0.4) is 0 Å². The molecule has 1 aromatic rings. The van der Waals surface area contributed by atoms with Crippen LogP contribution in [0.4, 0.5) is 30.7 Å². The number of carbonyl (C=O) groups is 1. The predicted octanol–water partition coefficient (Wildman–Crippen LogP) is 3.62. The Labute approximate surface area is 124 Å². The second kappa shape index (κ2) is 6.60. The van der Waals surface area contributed by atoms with Crippen LogP contribution >= 0.6 is 0 Å². The first-order valence-corrected chi connectivity index (χ1v) is 5.72. The summed E-state index contributed by atoms with van der Waals surface area (Å²) in [5, 5.41) is 0. The maximum atomic E-state index is 13.0. The quantitative estimate of drug-likeness (QED) is 0.581. The minimum Gasteiger partial charge on any atom is -0.484 e. The van der Waals surface area contributed by atoms with Gasteiger partial charge in [-0.3, -0.25) is 0 Å². The molecular weight excluding hydrogens is 341 g/mol. The number of rotatable bonds is 6. The number of halogens is 7. The molecule has 130 valence electrons. The smallest absolute Gasteiger partial charge is 0.483 e. The number of methoxy groups -OCH3 is 1. The maximum Gasteiger partial charge on any atom is 0.483 e. The molecule has 0 heterocycles. The van der Waals surface area contributed by atoms with Gasteiger partial charge in [0.15, 0.2) is 6.61 Å². The largest absolute Gasteiger partial charge is 0.484 e. The van der Waals surface area contributed by atoms with E-state index in [1.54, 1.807) is 0 Å². The van der Waals surface area contributed by atoms with E-state index in [0.717, 1.165) is 31.4 Å². The number of benzene rings is 1. The summed E-state index contributed by atoms with van der Waals surface area (Å²) >= 11 is 0. The van der Waals surface area contributed by atoms with Gasteiger partial charge in [-0.25, -0.2) is 9.53 Å². The van der Waals surface area contributed by atoms with Gasteiger partial charge < -0.3 is 9.47 Å². The maximum absolute atomic E-state index is 13.0. The molecule has 0 spiro atoms. The van der Waals surface area contributed by atoms with Gasteiger partial charge in [-0.1, -0.05) is 0 Å². The first-order valence-electron chi connectivity index (χ1n) is 5.72. The third-order valence-electron chi connectivity index (χ3n) is 2.29. The van der Waals surface area contributed by atoms with Crippen molar-refractivity contribution in [2.24, 2.45) is 0 Å². The average molecular weight is 350 g/mol. The summed E-state index contributed by atoms with van der Waals surface area (Å²) in [5.41, 5.74) is 0.0477. The van der Waals surface area contributed by atoms with E-state index in [9.17, 15) is 35.5 Å². The zero-order valence-corrected chi connectivity index (χ0v) is 11.3. The Hall–Kier alpha value is -2.04. The molecule has 0 amide bonds. The van der Waals surface area contributed by atoms with Crippen LogP contribution in [0.2, 0.25) is 0 Å². The lowest BCUT2D eigenvalue weighted by atomic mass is 10.2. The Balaban J connectivity index is 2.67. The van der Waals surface area contributed by atoms with E-state index in [-0.39, 0.29) is 11.3 Å². The molecule has 4 nitrogen and oxygen atoms in total. The second-order valence-corrected chi connectivity index (χ2v) is 4.06. The molecule has 0 aliphatic carbocycles. The lowest BCUT2D eigenvalue weighted by Crippen LogP contribution is -2.46. The van der Waals surface area contributed by atoms with Crippen molar-refractivity contribution in [3.63, 3.8) is 0 Å². The predicted molar refractivity (Wildman–Crippen MR) is 60.3 cm³/mol. The topological polar surface area (TPSA) is 44.8 Å².